The minimum atomic E-state index is -5.05. The number of aromatic nitrogens is 4. The lowest BCUT2D eigenvalue weighted by Crippen LogP contribution is -2.21. The summed E-state index contributed by atoms with van der Waals surface area (Å²) in [6.07, 6.45) is -3.68. The lowest BCUT2D eigenvalue weighted by molar-refractivity contribution is -0.141. The number of halogens is 4. The molecule has 1 aromatic carbocycles. The maximum Gasteiger partial charge on any atom is 0.435 e. The Morgan fingerprint density at radius 2 is 1.86 bits per heavy atom. The number of rotatable bonds is 5. The van der Waals surface area contributed by atoms with Gasteiger partial charge in [-0.05, 0) is 31.2 Å². The van der Waals surface area contributed by atoms with Gasteiger partial charge in [-0.25, -0.2) is 9.37 Å². The van der Waals surface area contributed by atoms with Crippen LogP contribution < -0.4 is 11.5 Å². The molecule has 0 spiro atoms. The van der Waals surface area contributed by atoms with Crippen LogP contribution in [-0.4, -0.2) is 31.6 Å². The van der Waals surface area contributed by atoms with Crippen molar-refractivity contribution in [1.29, 1.82) is 5.26 Å². The van der Waals surface area contributed by atoms with Crippen LogP contribution in [0.15, 0.2) is 36.5 Å². The monoisotopic (exact) mass is 497 g/mol. The third kappa shape index (κ3) is 4.09. The molecule has 0 bridgehead atoms. The smallest absolute Gasteiger partial charge is 0.366 e. The Morgan fingerprint density at radius 1 is 1.14 bits per heavy atom. The first-order valence-electron chi connectivity index (χ1n) is 10.2. The molecule has 182 valence electrons. The van der Waals surface area contributed by atoms with Gasteiger partial charge in [0.05, 0.1) is 28.9 Å². The number of amides is 2. The highest BCUT2D eigenvalue weighted by Gasteiger charge is 2.41. The molecule has 4 N–H and O–H groups in total. The zero-order valence-corrected chi connectivity index (χ0v) is 18.4. The first kappa shape index (κ1) is 24.3. The quantitative estimate of drug-likeness (QED) is 0.404. The normalized spacial score (nSPS) is 11.4. The average Bonchev–Trinajstić information content (AvgIpc) is 3.13. The zero-order chi connectivity index (χ0) is 26.4. The summed E-state index contributed by atoms with van der Waals surface area (Å²) < 4.78 is 57.3. The largest absolute Gasteiger partial charge is 0.435 e. The van der Waals surface area contributed by atoms with Gasteiger partial charge < -0.3 is 11.5 Å². The molecule has 0 fully saturated rings. The van der Waals surface area contributed by atoms with E-state index < -0.39 is 51.9 Å². The maximum atomic E-state index is 14.2. The van der Waals surface area contributed by atoms with Crippen molar-refractivity contribution in [3.05, 3.63) is 76.2 Å². The fraction of sp³-hybridized carbons (Fsp3) is 0.130. The summed E-state index contributed by atoms with van der Waals surface area (Å²) in [5, 5.41) is 12.9. The molecule has 9 nitrogen and oxygen atoms in total. The molecule has 0 aliphatic carbocycles. The summed E-state index contributed by atoms with van der Waals surface area (Å²) in [4.78, 5) is 32.8. The number of nitrogens with zero attached hydrogens (tertiary/aromatic N) is 5. The highest BCUT2D eigenvalue weighted by molar-refractivity contribution is 6.15. The molecule has 0 unspecified atom stereocenters. The Kier molecular flexibility index (Phi) is 5.89. The van der Waals surface area contributed by atoms with E-state index in [1.165, 1.54) is 25.3 Å². The molecule has 0 saturated heterocycles. The number of primary amides is 2. The molecular formula is C23H15F4N7O2. The molecule has 0 saturated carbocycles. The molecule has 3 heterocycles. The molecule has 13 heteroatoms. The van der Waals surface area contributed by atoms with Gasteiger partial charge in [-0.3, -0.25) is 19.3 Å². The van der Waals surface area contributed by atoms with Gasteiger partial charge in [0.15, 0.2) is 5.69 Å². The molecule has 36 heavy (non-hydrogen) atoms. The predicted molar refractivity (Wildman–Crippen MR) is 118 cm³/mol. The average molecular weight is 497 g/mol. The first-order valence-corrected chi connectivity index (χ1v) is 10.2. The van der Waals surface area contributed by atoms with Crippen molar-refractivity contribution in [2.45, 2.75) is 19.6 Å². The number of fused-ring (bicyclic) bond motifs is 1. The van der Waals surface area contributed by atoms with Crippen molar-refractivity contribution < 1.29 is 27.2 Å². The maximum absolute atomic E-state index is 14.2. The van der Waals surface area contributed by atoms with Crippen LogP contribution in [0.3, 0.4) is 0 Å². The third-order valence-corrected chi connectivity index (χ3v) is 5.46. The van der Waals surface area contributed by atoms with Crippen molar-refractivity contribution in [3.8, 4) is 17.2 Å². The van der Waals surface area contributed by atoms with Crippen LogP contribution in [0.2, 0.25) is 0 Å². The van der Waals surface area contributed by atoms with Gasteiger partial charge in [0, 0.05) is 34.5 Å². The number of carbonyl (C=O) groups excluding carboxylic acids is 2. The van der Waals surface area contributed by atoms with Gasteiger partial charge in [0.2, 0.25) is 5.91 Å². The van der Waals surface area contributed by atoms with Gasteiger partial charge in [0.1, 0.15) is 17.6 Å². The lowest BCUT2D eigenvalue weighted by Gasteiger charge is -2.16. The summed E-state index contributed by atoms with van der Waals surface area (Å²) >= 11 is 0. The lowest BCUT2D eigenvalue weighted by atomic mass is 9.92. The standard InChI is InChI=1S/C23H15F4N7O2/c1-10-16(20(23(25,26)27)33-34(10)9-15-11(8-28)3-2-6-31-15)18-17(21(29)35)13-5-4-12(24)7-14(13)32-19(18)22(30)36/h2-7H,9H2,1H3,(H2,29,35)(H2,30,36). The van der Waals surface area contributed by atoms with E-state index in [4.69, 9.17) is 11.5 Å². The number of pyridine rings is 2. The van der Waals surface area contributed by atoms with E-state index >= 15 is 0 Å². The number of nitriles is 1. The van der Waals surface area contributed by atoms with Crippen LogP contribution in [0.5, 0.6) is 0 Å². The van der Waals surface area contributed by atoms with Crippen LogP contribution in [-0.2, 0) is 12.7 Å². The molecule has 3 aromatic heterocycles. The van der Waals surface area contributed by atoms with Crippen LogP contribution in [0.1, 0.15) is 43.5 Å². The Morgan fingerprint density at radius 3 is 2.47 bits per heavy atom. The number of nitrogens with two attached hydrogens (primary N) is 2. The van der Waals surface area contributed by atoms with E-state index in [1.54, 1.807) is 0 Å². The topological polar surface area (TPSA) is 154 Å². The zero-order valence-electron chi connectivity index (χ0n) is 18.4. The second kappa shape index (κ2) is 8.73. The van der Waals surface area contributed by atoms with Crippen molar-refractivity contribution in [2.75, 3.05) is 0 Å². The van der Waals surface area contributed by atoms with Crippen LogP contribution >= 0.6 is 0 Å². The second-order valence-electron chi connectivity index (χ2n) is 7.67. The first-order chi connectivity index (χ1) is 16.9. The molecule has 2 amide bonds. The minimum absolute atomic E-state index is 0.0827. The van der Waals surface area contributed by atoms with Crippen LogP contribution in [0.4, 0.5) is 17.6 Å². The highest BCUT2D eigenvalue weighted by Crippen LogP contribution is 2.42. The van der Waals surface area contributed by atoms with E-state index in [0.29, 0.717) is 0 Å². The molecule has 0 atom stereocenters. The van der Waals surface area contributed by atoms with Gasteiger partial charge >= 0.3 is 6.18 Å². The molecular weight excluding hydrogens is 482 g/mol. The Bertz CT molecular complexity index is 1600. The van der Waals surface area contributed by atoms with Gasteiger partial charge in [-0.15, -0.1) is 0 Å². The number of benzene rings is 1. The third-order valence-electron chi connectivity index (χ3n) is 5.46. The van der Waals surface area contributed by atoms with Crippen LogP contribution in [0.25, 0.3) is 22.0 Å². The number of hydrogen-bond acceptors (Lipinski definition) is 6. The predicted octanol–water partition coefficient (Wildman–Crippen LogP) is 3.08. The SMILES string of the molecule is Cc1c(-c2c(C(N)=O)nc3cc(F)ccc3c2C(N)=O)c(C(F)(F)F)nn1Cc1ncccc1C#N. The molecule has 4 aromatic rings. The van der Waals surface area contributed by atoms with Crippen molar-refractivity contribution in [1.82, 2.24) is 19.7 Å². The van der Waals surface area contributed by atoms with Gasteiger partial charge in [-0.1, -0.05) is 0 Å². The van der Waals surface area contributed by atoms with Gasteiger partial charge in [-0.2, -0.15) is 23.5 Å². The van der Waals surface area contributed by atoms with E-state index in [9.17, 15) is 32.4 Å². The van der Waals surface area contributed by atoms with Crippen molar-refractivity contribution in [2.24, 2.45) is 11.5 Å². The van der Waals surface area contributed by atoms with E-state index in [1.807, 2.05) is 6.07 Å². The van der Waals surface area contributed by atoms with E-state index in [2.05, 4.69) is 15.1 Å². The number of alkyl halides is 3. The van der Waals surface area contributed by atoms with Crippen LogP contribution in [0, 0.1) is 24.1 Å². The minimum Gasteiger partial charge on any atom is -0.366 e. The number of carbonyl (C=O) groups is 2. The molecule has 0 aliphatic heterocycles. The Labute approximate surface area is 200 Å². The highest BCUT2D eigenvalue weighted by atomic mass is 19.4. The fourth-order valence-electron chi connectivity index (χ4n) is 3.92. The summed E-state index contributed by atoms with van der Waals surface area (Å²) in [6.45, 7) is 0.944. The summed E-state index contributed by atoms with van der Waals surface area (Å²) in [5.41, 5.74) is 6.99. The summed E-state index contributed by atoms with van der Waals surface area (Å²) in [6, 6.07) is 7.81. The fourth-order valence-corrected chi connectivity index (χ4v) is 3.92. The summed E-state index contributed by atoms with van der Waals surface area (Å²) in [7, 11) is 0. The van der Waals surface area contributed by atoms with E-state index in [0.717, 1.165) is 22.9 Å². The van der Waals surface area contributed by atoms with Crippen molar-refractivity contribution in [3.63, 3.8) is 0 Å². The van der Waals surface area contributed by atoms with Crippen molar-refractivity contribution >= 4 is 22.7 Å². The Balaban J connectivity index is 2.11. The molecule has 4 rings (SSSR count). The number of hydrogen-bond donors (Lipinski definition) is 2. The molecule has 0 aliphatic rings. The van der Waals surface area contributed by atoms with E-state index in [-0.39, 0.29) is 34.4 Å². The van der Waals surface area contributed by atoms with Gasteiger partial charge in [0.25, 0.3) is 5.91 Å². The Hall–Kier alpha value is -4.86. The molecule has 0 radical (unpaired) electrons. The second-order valence-corrected chi connectivity index (χ2v) is 7.67. The summed E-state index contributed by atoms with van der Waals surface area (Å²) in [5.74, 6) is -3.23.